The Morgan fingerprint density at radius 3 is 2.39 bits per heavy atom. The second kappa shape index (κ2) is 8.37. The van der Waals surface area contributed by atoms with Gasteiger partial charge >= 0.3 is 12.1 Å². The number of nitrogens with zero attached hydrogens (tertiary/aromatic N) is 3. The molecule has 0 aliphatic heterocycles. The molecule has 0 aliphatic carbocycles. The molecule has 5 nitrogen and oxygen atoms in total. The van der Waals surface area contributed by atoms with E-state index in [9.17, 15) is 18.0 Å². The van der Waals surface area contributed by atoms with Crippen LogP contribution in [0.25, 0.3) is 16.4 Å². The van der Waals surface area contributed by atoms with Crippen LogP contribution >= 0.6 is 34.7 Å². The molecule has 0 atom stereocenters. The van der Waals surface area contributed by atoms with Crippen molar-refractivity contribution in [3.8, 4) is 16.4 Å². The summed E-state index contributed by atoms with van der Waals surface area (Å²) in [5, 5.41) is 13.3. The maximum atomic E-state index is 13.6. The van der Waals surface area contributed by atoms with Crippen molar-refractivity contribution < 1.29 is 23.1 Å². The highest BCUT2D eigenvalue weighted by Crippen LogP contribution is 2.43. The molecule has 0 spiro atoms. The van der Waals surface area contributed by atoms with E-state index in [1.807, 2.05) is 6.07 Å². The van der Waals surface area contributed by atoms with Crippen LogP contribution in [0.1, 0.15) is 16.1 Å². The molecule has 0 unspecified atom stereocenters. The Labute approximate surface area is 187 Å². The lowest BCUT2D eigenvalue weighted by atomic mass is 10.2. The predicted octanol–water partition coefficient (Wildman–Crippen LogP) is 6.52. The third-order valence-electron chi connectivity index (χ3n) is 4.11. The summed E-state index contributed by atoms with van der Waals surface area (Å²) in [6.07, 6.45) is -4.24. The van der Waals surface area contributed by atoms with E-state index < -0.39 is 23.4 Å². The van der Waals surface area contributed by atoms with Crippen molar-refractivity contribution in [2.45, 2.75) is 15.3 Å². The summed E-state index contributed by atoms with van der Waals surface area (Å²) in [6.45, 7) is 0. The van der Waals surface area contributed by atoms with Gasteiger partial charge in [-0.2, -0.15) is 18.3 Å². The number of benzene rings is 2. The van der Waals surface area contributed by atoms with Crippen LogP contribution in [0.3, 0.4) is 0 Å². The summed E-state index contributed by atoms with van der Waals surface area (Å²) in [5.41, 5.74) is -1.13. The first kappa shape index (κ1) is 21.4. The second-order valence-electron chi connectivity index (χ2n) is 6.18. The third kappa shape index (κ3) is 4.46. The molecule has 31 heavy (non-hydrogen) atoms. The van der Waals surface area contributed by atoms with Gasteiger partial charge in [0.2, 0.25) is 5.13 Å². The lowest BCUT2D eigenvalue weighted by molar-refractivity contribution is -0.143. The number of hydrogen-bond donors (Lipinski definition) is 1. The van der Waals surface area contributed by atoms with E-state index >= 15 is 0 Å². The average Bonchev–Trinajstić information content (AvgIpc) is 3.35. The maximum Gasteiger partial charge on any atom is 0.434 e. The number of aromatic carboxylic acids is 1. The summed E-state index contributed by atoms with van der Waals surface area (Å²) >= 11 is 8.24. The van der Waals surface area contributed by atoms with E-state index in [2.05, 4.69) is 10.1 Å². The van der Waals surface area contributed by atoms with E-state index in [-0.39, 0.29) is 5.13 Å². The molecule has 0 amide bonds. The van der Waals surface area contributed by atoms with Gasteiger partial charge in [0.25, 0.3) is 0 Å². The molecule has 0 fully saturated rings. The number of halogens is 4. The average molecular weight is 482 g/mol. The van der Waals surface area contributed by atoms with Crippen LogP contribution in [-0.2, 0) is 6.18 Å². The zero-order valence-electron chi connectivity index (χ0n) is 15.3. The highest BCUT2D eigenvalue weighted by molar-refractivity contribution is 8.01. The van der Waals surface area contributed by atoms with Gasteiger partial charge in [0.1, 0.15) is 5.56 Å². The standard InChI is InChI=1S/C20H11ClF3N3O2S2/c21-12-6-8-13(9-7-12)30-18-15(11-4-2-1-3-5-11)26-19(31-18)27-16(20(22,23)24)14(10-25-27)17(28)29/h1-10H,(H,28,29). The van der Waals surface area contributed by atoms with Crippen LogP contribution in [-0.4, -0.2) is 25.8 Å². The molecule has 2 heterocycles. The fourth-order valence-corrected chi connectivity index (χ4v) is 5.11. The van der Waals surface area contributed by atoms with Gasteiger partial charge in [0.15, 0.2) is 5.69 Å². The van der Waals surface area contributed by atoms with Crippen LogP contribution in [0.2, 0.25) is 5.02 Å². The highest BCUT2D eigenvalue weighted by Gasteiger charge is 2.41. The predicted molar refractivity (Wildman–Crippen MR) is 112 cm³/mol. The van der Waals surface area contributed by atoms with Crippen LogP contribution < -0.4 is 0 Å². The van der Waals surface area contributed by atoms with Gasteiger partial charge < -0.3 is 5.11 Å². The van der Waals surface area contributed by atoms with Gasteiger partial charge in [0, 0.05) is 15.5 Å². The van der Waals surface area contributed by atoms with Gasteiger partial charge in [-0.25, -0.2) is 14.5 Å². The zero-order chi connectivity index (χ0) is 22.2. The lowest BCUT2D eigenvalue weighted by Gasteiger charge is -2.09. The zero-order valence-corrected chi connectivity index (χ0v) is 17.7. The summed E-state index contributed by atoms with van der Waals surface area (Å²) in [5.74, 6) is -1.71. The second-order valence-corrected chi connectivity index (χ2v) is 8.93. The summed E-state index contributed by atoms with van der Waals surface area (Å²) < 4.78 is 42.1. The van der Waals surface area contributed by atoms with Gasteiger partial charge in [-0.1, -0.05) is 65.0 Å². The number of rotatable bonds is 5. The first-order valence-electron chi connectivity index (χ1n) is 8.62. The molecule has 0 bridgehead atoms. The van der Waals surface area contributed by atoms with Crippen molar-refractivity contribution in [1.82, 2.24) is 14.8 Å². The van der Waals surface area contributed by atoms with Crippen LogP contribution in [0.15, 0.2) is 69.9 Å². The number of hydrogen-bond acceptors (Lipinski definition) is 5. The number of carboxylic acid groups (broad SMARTS) is 1. The summed E-state index contributed by atoms with van der Waals surface area (Å²) in [4.78, 5) is 16.5. The molecule has 0 aliphatic rings. The number of aromatic nitrogens is 3. The van der Waals surface area contributed by atoms with Gasteiger partial charge in [0.05, 0.1) is 16.1 Å². The molecule has 4 aromatic rings. The molecule has 2 aromatic carbocycles. The molecule has 2 aromatic heterocycles. The number of carboxylic acids is 1. The molecule has 1 N–H and O–H groups in total. The fraction of sp³-hybridized carbons (Fsp3) is 0.0500. The number of carbonyl (C=O) groups is 1. The Morgan fingerprint density at radius 1 is 1.10 bits per heavy atom. The normalized spacial score (nSPS) is 11.6. The van der Waals surface area contributed by atoms with E-state index in [4.69, 9.17) is 16.7 Å². The van der Waals surface area contributed by atoms with E-state index in [0.717, 1.165) is 16.2 Å². The number of thiazole rings is 1. The molecular weight excluding hydrogens is 471 g/mol. The number of alkyl halides is 3. The molecule has 0 radical (unpaired) electrons. The van der Waals surface area contributed by atoms with Crippen molar-refractivity contribution in [3.05, 3.63) is 77.1 Å². The van der Waals surface area contributed by atoms with Gasteiger partial charge in [-0.15, -0.1) is 0 Å². The summed E-state index contributed by atoms with van der Waals surface area (Å²) in [7, 11) is 0. The van der Waals surface area contributed by atoms with Crippen molar-refractivity contribution in [3.63, 3.8) is 0 Å². The molecular formula is C20H11ClF3N3O2S2. The third-order valence-corrected chi connectivity index (χ3v) is 6.57. The van der Waals surface area contributed by atoms with Crippen molar-refractivity contribution in [2.24, 2.45) is 0 Å². The van der Waals surface area contributed by atoms with Crippen molar-refractivity contribution in [2.75, 3.05) is 0 Å². The van der Waals surface area contributed by atoms with Crippen LogP contribution in [0.4, 0.5) is 13.2 Å². The molecule has 11 heteroatoms. The topological polar surface area (TPSA) is 68.0 Å². The fourth-order valence-electron chi connectivity index (χ4n) is 2.77. The first-order chi connectivity index (χ1) is 14.7. The highest BCUT2D eigenvalue weighted by atomic mass is 35.5. The molecule has 0 saturated heterocycles. The Morgan fingerprint density at radius 2 is 1.77 bits per heavy atom. The van der Waals surface area contributed by atoms with E-state index in [0.29, 0.717) is 31.4 Å². The molecule has 0 saturated carbocycles. The Bertz CT molecular complexity index is 1240. The first-order valence-corrected chi connectivity index (χ1v) is 10.6. The van der Waals surface area contributed by atoms with Gasteiger partial charge in [-0.3, -0.25) is 0 Å². The van der Waals surface area contributed by atoms with Crippen LogP contribution in [0.5, 0.6) is 0 Å². The van der Waals surface area contributed by atoms with Crippen molar-refractivity contribution >= 4 is 40.7 Å². The van der Waals surface area contributed by atoms with Crippen LogP contribution in [0, 0.1) is 0 Å². The minimum absolute atomic E-state index is 0.0878. The Kier molecular flexibility index (Phi) is 5.78. The Hall–Kier alpha value is -2.82. The van der Waals surface area contributed by atoms with E-state index in [1.54, 1.807) is 48.5 Å². The molecule has 4 rings (SSSR count). The largest absolute Gasteiger partial charge is 0.478 e. The van der Waals surface area contributed by atoms with E-state index in [1.165, 1.54) is 11.8 Å². The van der Waals surface area contributed by atoms with Crippen molar-refractivity contribution in [1.29, 1.82) is 0 Å². The smallest absolute Gasteiger partial charge is 0.434 e. The minimum atomic E-state index is -4.92. The quantitative estimate of drug-likeness (QED) is 0.351. The Balaban J connectivity index is 1.86. The molecule has 158 valence electrons. The lowest BCUT2D eigenvalue weighted by Crippen LogP contribution is -2.17. The monoisotopic (exact) mass is 481 g/mol. The summed E-state index contributed by atoms with van der Waals surface area (Å²) in [6, 6.07) is 16.0. The SMILES string of the molecule is O=C(O)c1cnn(-c2nc(-c3ccccc3)c(Sc3ccc(Cl)cc3)s2)c1C(F)(F)F. The van der Waals surface area contributed by atoms with Gasteiger partial charge in [-0.05, 0) is 24.3 Å². The minimum Gasteiger partial charge on any atom is -0.478 e. The maximum absolute atomic E-state index is 13.6.